The fourth-order valence-electron chi connectivity index (χ4n) is 7.70. The van der Waals surface area contributed by atoms with Gasteiger partial charge in [0.05, 0.1) is 5.56 Å². The van der Waals surface area contributed by atoms with Crippen molar-refractivity contribution in [2.45, 2.75) is 51.5 Å². The second kappa shape index (κ2) is 11.7. The molecule has 7 rings (SSSR count). The minimum absolute atomic E-state index is 0.119. The van der Waals surface area contributed by atoms with E-state index in [9.17, 15) is 0 Å². The summed E-state index contributed by atoms with van der Waals surface area (Å²) in [5, 5.41) is 0. The molecule has 1 aliphatic heterocycles. The zero-order valence-corrected chi connectivity index (χ0v) is 26.0. The summed E-state index contributed by atoms with van der Waals surface area (Å²) in [6.07, 6.45) is 5.70. The summed E-state index contributed by atoms with van der Waals surface area (Å²) in [6, 6.07) is 51.3. The Hall–Kier alpha value is -4.75. The van der Waals surface area contributed by atoms with Crippen LogP contribution in [0.4, 0.5) is 0 Å². The minimum atomic E-state index is 0.119. The fraction of sp³-hybridized carbons (Fsp3) is 0.186. The lowest BCUT2D eigenvalue weighted by atomic mass is 9.69. The molecule has 0 saturated carbocycles. The smallest absolute Gasteiger partial charge is 0.192 e. The molecule has 6 aromatic rings. The zero-order valence-electron chi connectivity index (χ0n) is 26.0. The molecule has 1 atom stereocenters. The molecule has 0 aliphatic carbocycles. The van der Waals surface area contributed by atoms with Gasteiger partial charge in [-0.3, -0.25) is 0 Å². The molecule has 0 amide bonds. The SMILES string of the molecule is CCC1c2ccc(-c3ccc(-c4cc(-c5ccccc5)cc(-c5ccccc5)c4)cc3)cc2-c2cccc[n+]2C1(CC)CC. The third-order valence-corrected chi connectivity index (χ3v) is 10.0. The predicted molar refractivity (Wildman–Crippen MR) is 185 cm³/mol. The standard InChI is InChI=1S/C43H40N/c1-4-41-39-25-24-35(30-40(39)42-19-13-14-26-44(42)43(41,5-2)6-3)33-20-22-34(23-21-33)38-28-36(31-15-9-7-10-16-31)27-37(29-38)32-17-11-8-12-18-32/h7-30,41H,4-6H2,1-3H3/q+1. The highest BCUT2D eigenvalue weighted by Gasteiger charge is 2.50. The number of pyridine rings is 1. The monoisotopic (exact) mass is 570 g/mol. The average Bonchev–Trinajstić information content (AvgIpc) is 3.11. The van der Waals surface area contributed by atoms with Gasteiger partial charge in [-0.25, -0.2) is 0 Å². The van der Waals surface area contributed by atoms with Crippen LogP contribution in [0, 0.1) is 0 Å². The second-order valence-corrected chi connectivity index (χ2v) is 12.1. The molecule has 1 unspecified atom stereocenters. The first kappa shape index (κ1) is 28.0. The molecule has 216 valence electrons. The van der Waals surface area contributed by atoms with Crippen molar-refractivity contribution in [2.24, 2.45) is 0 Å². The maximum Gasteiger partial charge on any atom is 0.213 e. The first-order chi connectivity index (χ1) is 21.6. The summed E-state index contributed by atoms with van der Waals surface area (Å²) in [4.78, 5) is 0. The van der Waals surface area contributed by atoms with Crippen LogP contribution in [0.3, 0.4) is 0 Å². The molecule has 1 nitrogen and oxygen atoms in total. The summed E-state index contributed by atoms with van der Waals surface area (Å²) >= 11 is 0. The Morgan fingerprint density at radius 1 is 0.477 bits per heavy atom. The van der Waals surface area contributed by atoms with E-state index in [1.165, 1.54) is 61.3 Å². The summed E-state index contributed by atoms with van der Waals surface area (Å²) in [5.41, 5.74) is 14.2. The van der Waals surface area contributed by atoms with Gasteiger partial charge in [-0.2, -0.15) is 4.57 Å². The van der Waals surface area contributed by atoms with Gasteiger partial charge in [0.25, 0.3) is 0 Å². The van der Waals surface area contributed by atoms with Gasteiger partial charge < -0.3 is 0 Å². The maximum atomic E-state index is 2.58. The summed E-state index contributed by atoms with van der Waals surface area (Å²) in [5.74, 6) is 0.500. The van der Waals surface area contributed by atoms with Gasteiger partial charge >= 0.3 is 0 Å². The Bertz CT molecular complexity index is 1840. The lowest BCUT2D eigenvalue weighted by Gasteiger charge is -2.39. The molecule has 5 aromatic carbocycles. The average molecular weight is 571 g/mol. The van der Waals surface area contributed by atoms with Crippen molar-refractivity contribution in [3.05, 3.63) is 151 Å². The molecule has 1 aliphatic rings. The first-order valence-electron chi connectivity index (χ1n) is 16.2. The van der Waals surface area contributed by atoms with Crippen LogP contribution in [0.5, 0.6) is 0 Å². The van der Waals surface area contributed by atoms with E-state index in [0.717, 1.165) is 19.3 Å². The topological polar surface area (TPSA) is 3.88 Å². The van der Waals surface area contributed by atoms with E-state index < -0.39 is 0 Å². The molecule has 0 radical (unpaired) electrons. The minimum Gasteiger partial charge on any atom is -0.192 e. The fourth-order valence-corrected chi connectivity index (χ4v) is 7.70. The van der Waals surface area contributed by atoms with Crippen LogP contribution in [0.15, 0.2) is 146 Å². The third kappa shape index (κ3) is 4.77. The van der Waals surface area contributed by atoms with Crippen LogP contribution >= 0.6 is 0 Å². The first-order valence-corrected chi connectivity index (χ1v) is 16.2. The molecule has 44 heavy (non-hydrogen) atoms. The largest absolute Gasteiger partial charge is 0.213 e. The van der Waals surface area contributed by atoms with Crippen LogP contribution in [0.1, 0.15) is 51.5 Å². The number of fused-ring (bicyclic) bond motifs is 3. The molecule has 0 bridgehead atoms. The predicted octanol–water partition coefficient (Wildman–Crippen LogP) is 11.3. The van der Waals surface area contributed by atoms with Gasteiger partial charge in [0, 0.05) is 30.9 Å². The molecule has 1 aromatic heterocycles. The number of hydrogen-bond donors (Lipinski definition) is 0. The van der Waals surface area contributed by atoms with Gasteiger partial charge in [-0.15, -0.1) is 0 Å². The molecule has 0 saturated heterocycles. The highest BCUT2D eigenvalue weighted by molar-refractivity contribution is 5.82. The normalized spacial score (nSPS) is 14.9. The van der Waals surface area contributed by atoms with E-state index in [-0.39, 0.29) is 5.54 Å². The quantitative estimate of drug-likeness (QED) is 0.168. The Morgan fingerprint density at radius 3 is 1.48 bits per heavy atom. The van der Waals surface area contributed by atoms with Crippen molar-refractivity contribution in [3.63, 3.8) is 0 Å². The maximum absolute atomic E-state index is 2.58. The number of nitrogens with zero attached hydrogens (tertiary/aromatic N) is 1. The van der Waals surface area contributed by atoms with Gasteiger partial charge in [0.1, 0.15) is 0 Å². The van der Waals surface area contributed by atoms with Crippen molar-refractivity contribution >= 4 is 0 Å². The summed E-state index contributed by atoms with van der Waals surface area (Å²) in [6.45, 7) is 7.07. The lowest BCUT2D eigenvalue weighted by Crippen LogP contribution is -2.62. The van der Waals surface area contributed by atoms with E-state index in [4.69, 9.17) is 0 Å². The van der Waals surface area contributed by atoms with Crippen LogP contribution in [0.2, 0.25) is 0 Å². The van der Waals surface area contributed by atoms with Gasteiger partial charge in [0.2, 0.25) is 5.69 Å². The second-order valence-electron chi connectivity index (χ2n) is 12.1. The Morgan fingerprint density at radius 2 is 0.955 bits per heavy atom. The molecule has 0 spiro atoms. The van der Waals surface area contributed by atoms with E-state index in [2.05, 4.69) is 171 Å². The highest BCUT2D eigenvalue weighted by atomic mass is 15.1. The summed E-state index contributed by atoms with van der Waals surface area (Å²) in [7, 11) is 0. The van der Waals surface area contributed by atoms with E-state index >= 15 is 0 Å². The third-order valence-electron chi connectivity index (χ3n) is 10.0. The molecule has 1 heteroatoms. The van der Waals surface area contributed by atoms with Crippen molar-refractivity contribution in [1.29, 1.82) is 0 Å². The number of aromatic nitrogens is 1. The number of hydrogen-bond acceptors (Lipinski definition) is 0. The van der Waals surface area contributed by atoms with E-state index in [1.54, 1.807) is 0 Å². The van der Waals surface area contributed by atoms with Crippen LogP contribution < -0.4 is 4.57 Å². The van der Waals surface area contributed by atoms with Crippen molar-refractivity contribution in [1.82, 2.24) is 0 Å². The number of rotatable bonds is 7. The van der Waals surface area contributed by atoms with Crippen molar-refractivity contribution in [3.8, 4) is 55.8 Å². The molecule has 0 fully saturated rings. The lowest BCUT2D eigenvalue weighted by molar-refractivity contribution is -0.762. The zero-order chi connectivity index (χ0) is 30.1. The molecule has 2 heterocycles. The molecular formula is C43H40N+. The van der Waals surface area contributed by atoms with Crippen LogP contribution in [-0.2, 0) is 5.54 Å². The van der Waals surface area contributed by atoms with Crippen molar-refractivity contribution < 1.29 is 4.57 Å². The molecular weight excluding hydrogens is 530 g/mol. The summed E-state index contributed by atoms with van der Waals surface area (Å²) < 4.78 is 2.58. The van der Waals surface area contributed by atoms with Gasteiger partial charge in [-0.05, 0) is 86.8 Å². The Labute approximate surface area is 262 Å². The Balaban J connectivity index is 1.29. The highest BCUT2D eigenvalue weighted by Crippen LogP contribution is 2.47. The van der Waals surface area contributed by atoms with E-state index in [1.807, 2.05) is 0 Å². The number of benzene rings is 5. The van der Waals surface area contributed by atoms with Crippen LogP contribution in [0.25, 0.3) is 55.8 Å². The van der Waals surface area contributed by atoms with Crippen LogP contribution in [-0.4, -0.2) is 0 Å². The van der Waals surface area contributed by atoms with Gasteiger partial charge in [-0.1, -0.05) is 118 Å². The van der Waals surface area contributed by atoms with Crippen molar-refractivity contribution in [2.75, 3.05) is 0 Å². The van der Waals surface area contributed by atoms with Gasteiger partial charge in [0.15, 0.2) is 11.7 Å². The van der Waals surface area contributed by atoms with E-state index in [0.29, 0.717) is 5.92 Å². The molecule has 0 N–H and O–H groups in total. The Kier molecular flexibility index (Phi) is 7.48.